The van der Waals surface area contributed by atoms with E-state index in [1.807, 2.05) is 0 Å². The summed E-state index contributed by atoms with van der Waals surface area (Å²) in [5.74, 6) is 0. The predicted octanol–water partition coefficient (Wildman–Crippen LogP) is 5.65. The molecule has 0 saturated carbocycles. The van der Waals surface area contributed by atoms with Crippen molar-refractivity contribution < 1.29 is 0 Å². The number of allylic oxidation sites excluding steroid dienone is 2. The zero-order chi connectivity index (χ0) is 14.8. The fraction of sp³-hybridized carbons (Fsp3) is 0.824. The number of hydrogen-bond donors (Lipinski definition) is 0. The zero-order valence-corrected chi connectivity index (χ0v) is 14.2. The minimum absolute atomic E-state index is 0.00105. The van der Waals surface area contributed by atoms with Crippen LogP contribution in [0.15, 0.2) is 16.6 Å². The molecule has 0 aromatic carbocycles. The Morgan fingerprint density at radius 1 is 0.889 bits per heavy atom. The van der Waals surface area contributed by atoms with Crippen LogP contribution in [0.1, 0.15) is 75.7 Å². The van der Waals surface area contributed by atoms with E-state index in [0.717, 1.165) is 6.42 Å². The lowest BCUT2D eigenvalue weighted by atomic mass is 9.82. The molecule has 0 aromatic heterocycles. The summed E-state index contributed by atoms with van der Waals surface area (Å²) in [5.41, 5.74) is 3.08. The third-order valence-electron chi connectivity index (χ3n) is 2.30. The largest absolute Gasteiger partial charge is 0.284 e. The van der Waals surface area contributed by atoms with E-state index in [4.69, 9.17) is 4.99 Å². The lowest BCUT2D eigenvalue weighted by Gasteiger charge is -2.25. The number of hydrogen-bond acceptors (Lipinski definition) is 1. The molecule has 18 heavy (non-hydrogen) atoms. The summed E-state index contributed by atoms with van der Waals surface area (Å²) < 4.78 is 0. The Morgan fingerprint density at radius 3 is 1.61 bits per heavy atom. The minimum Gasteiger partial charge on any atom is -0.284 e. The van der Waals surface area contributed by atoms with E-state index in [1.54, 1.807) is 0 Å². The van der Waals surface area contributed by atoms with E-state index >= 15 is 0 Å². The monoisotopic (exact) mass is 251 g/mol. The molecule has 0 N–H and O–H groups in total. The van der Waals surface area contributed by atoms with Gasteiger partial charge in [0.05, 0.1) is 5.54 Å². The van der Waals surface area contributed by atoms with Gasteiger partial charge in [-0.05, 0) is 50.5 Å². The van der Waals surface area contributed by atoms with Crippen LogP contribution in [0.25, 0.3) is 0 Å². The van der Waals surface area contributed by atoms with Crippen molar-refractivity contribution in [3.8, 4) is 0 Å². The Kier molecular flexibility index (Phi) is 5.40. The third kappa shape index (κ3) is 9.44. The molecule has 0 fully saturated rings. The highest BCUT2D eigenvalue weighted by Crippen LogP contribution is 2.29. The second-order valence-corrected chi connectivity index (χ2v) is 8.64. The number of aliphatic imine (C=N–C) groups is 1. The summed E-state index contributed by atoms with van der Waals surface area (Å²) in [7, 11) is 0. The molecule has 0 radical (unpaired) electrons. The minimum atomic E-state index is -0.00105. The number of rotatable bonds is 2. The SMILES string of the molecule is CC(=NC(C)(C)C)/C(=C\C(C)(C)C)CC(C)(C)C. The van der Waals surface area contributed by atoms with Gasteiger partial charge < -0.3 is 0 Å². The van der Waals surface area contributed by atoms with Gasteiger partial charge in [-0.25, -0.2) is 0 Å². The van der Waals surface area contributed by atoms with Crippen LogP contribution in [0, 0.1) is 10.8 Å². The molecular weight excluding hydrogens is 218 g/mol. The van der Waals surface area contributed by atoms with Crippen molar-refractivity contribution in [2.45, 2.75) is 81.2 Å². The Labute approximate surface area is 115 Å². The van der Waals surface area contributed by atoms with Gasteiger partial charge in [-0.1, -0.05) is 47.6 Å². The Bertz CT molecular complexity index is 324. The van der Waals surface area contributed by atoms with Crippen LogP contribution in [0.2, 0.25) is 0 Å². The molecule has 1 heteroatoms. The first-order valence-electron chi connectivity index (χ1n) is 6.98. The molecule has 0 amide bonds. The summed E-state index contributed by atoms with van der Waals surface area (Å²) in [6.07, 6.45) is 3.46. The van der Waals surface area contributed by atoms with Gasteiger partial charge in [0.1, 0.15) is 0 Å². The molecular formula is C17H33N. The summed E-state index contributed by atoms with van der Waals surface area (Å²) in [6, 6.07) is 0. The first-order chi connectivity index (χ1) is 7.70. The summed E-state index contributed by atoms with van der Waals surface area (Å²) in [6.45, 7) is 22.2. The van der Waals surface area contributed by atoms with Crippen LogP contribution >= 0.6 is 0 Å². The van der Waals surface area contributed by atoms with Crippen LogP contribution in [0.4, 0.5) is 0 Å². The lowest BCUT2D eigenvalue weighted by Crippen LogP contribution is -2.18. The van der Waals surface area contributed by atoms with E-state index in [1.165, 1.54) is 11.3 Å². The average Bonchev–Trinajstić information content (AvgIpc) is 1.93. The van der Waals surface area contributed by atoms with Gasteiger partial charge in [-0.3, -0.25) is 4.99 Å². The molecule has 1 nitrogen and oxygen atoms in total. The molecule has 0 aromatic rings. The van der Waals surface area contributed by atoms with Crippen LogP contribution in [-0.2, 0) is 0 Å². The smallest absolute Gasteiger partial charge is 0.0527 e. The van der Waals surface area contributed by atoms with E-state index < -0.39 is 0 Å². The molecule has 0 spiro atoms. The van der Waals surface area contributed by atoms with E-state index in [9.17, 15) is 0 Å². The van der Waals surface area contributed by atoms with Gasteiger partial charge in [0.2, 0.25) is 0 Å². The summed E-state index contributed by atoms with van der Waals surface area (Å²) in [5, 5.41) is 0. The molecule has 0 aliphatic rings. The van der Waals surface area contributed by atoms with E-state index in [-0.39, 0.29) is 11.0 Å². The molecule has 0 heterocycles. The highest BCUT2D eigenvalue weighted by atomic mass is 14.8. The van der Waals surface area contributed by atoms with Crippen molar-refractivity contribution in [3.05, 3.63) is 11.6 Å². The van der Waals surface area contributed by atoms with Crippen LogP contribution in [-0.4, -0.2) is 11.3 Å². The van der Waals surface area contributed by atoms with Gasteiger partial charge in [0.15, 0.2) is 0 Å². The Hall–Kier alpha value is -0.590. The Morgan fingerprint density at radius 2 is 1.33 bits per heavy atom. The van der Waals surface area contributed by atoms with Crippen molar-refractivity contribution in [2.75, 3.05) is 0 Å². The quantitative estimate of drug-likeness (QED) is 0.562. The van der Waals surface area contributed by atoms with Crippen LogP contribution < -0.4 is 0 Å². The normalized spacial score (nSPS) is 16.1. The van der Waals surface area contributed by atoms with Crippen molar-refractivity contribution >= 4 is 5.71 Å². The van der Waals surface area contributed by atoms with Crippen molar-refractivity contribution in [1.29, 1.82) is 0 Å². The molecule has 0 aliphatic heterocycles. The average molecular weight is 251 g/mol. The molecule has 106 valence electrons. The van der Waals surface area contributed by atoms with Gasteiger partial charge >= 0.3 is 0 Å². The highest BCUT2D eigenvalue weighted by molar-refractivity contribution is 5.98. The van der Waals surface area contributed by atoms with E-state index in [0.29, 0.717) is 5.41 Å². The van der Waals surface area contributed by atoms with Gasteiger partial charge in [0.25, 0.3) is 0 Å². The van der Waals surface area contributed by atoms with Crippen molar-refractivity contribution in [3.63, 3.8) is 0 Å². The van der Waals surface area contributed by atoms with Crippen molar-refractivity contribution in [1.82, 2.24) is 0 Å². The highest BCUT2D eigenvalue weighted by Gasteiger charge is 2.19. The van der Waals surface area contributed by atoms with Crippen LogP contribution in [0.3, 0.4) is 0 Å². The van der Waals surface area contributed by atoms with Gasteiger partial charge in [0, 0.05) is 5.71 Å². The first kappa shape index (κ1) is 17.4. The molecule has 0 unspecified atom stereocenters. The maximum absolute atomic E-state index is 4.83. The summed E-state index contributed by atoms with van der Waals surface area (Å²) >= 11 is 0. The maximum Gasteiger partial charge on any atom is 0.0527 e. The molecule has 0 bridgehead atoms. The predicted molar refractivity (Wildman–Crippen MR) is 84.5 cm³/mol. The molecule has 0 aliphatic carbocycles. The second kappa shape index (κ2) is 5.59. The first-order valence-corrected chi connectivity index (χ1v) is 6.98. The third-order valence-corrected chi connectivity index (χ3v) is 2.30. The molecule has 0 saturated heterocycles. The summed E-state index contributed by atoms with van der Waals surface area (Å²) in [4.78, 5) is 4.83. The van der Waals surface area contributed by atoms with Gasteiger partial charge in [-0.2, -0.15) is 0 Å². The Balaban J connectivity index is 5.38. The molecule has 0 rings (SSSR count). The topological polar surface area (TPSA) is 12.4 Å². The second-order valence-electron chi connectivity index (χ2n) is 8.64. The zero-order valence-electron chi connectivity index (χ0n) is 14.2. The number of nitrogens with zero attached hydrogens (tertiary/aromatic N) is 1. The van der Waals surface area contributed by atoms with E-state index in [2.05, 4.69) is 75.3 Å². The van der Waals surface area contributed by atoms with Gasteiger partial charge in [-0.15, -0.1) is 0 Å². The fourth-order valence-electron chi connectivity index (χ4n) is 1.95. The lowest BCUT2D eigenvalue weighted by molar-refractivity contribution is 0.410. The molecule has 0 atom stereocenters. The maximum atomic E-state index is 4.83. The van der Waals surface area contributed by atoms with Crippen LogP contribution in [0.5, 0.6) is 0 Å². The van der Waals surface area contributed by atoms with Crippen molar-refractivity contribution in [2.24, 2.45) is 15.8 Å². The standard InChI is InChI=1S/C17H33N/c1-13(18-17(8,9)10)14(11-15(2,3)4)12-16(5,6)7/h11H,12H2,1-10H3/b14-11-,18-13?. The fourth-order valence-corrected chi connectivity index (χ4v) is 1.95.